The summed E-state index contributed by atoms with van der Waals surface area (Å²) in [5.74, 6) is -3.58. The first-order chi connectivity index (χ1) is 15.4. The van der Waals surface area contributed by atoms with Crippen molar-refractivity contribution in [1.82, 2.24) is 9.55 Å². The number of halogens is 2. The van der Waals surface area contributed by atoms with Crippen LogP contribution in [-0.2, 0) is 16.1 Å². The third-order valence-corrected chi connectivity index (χ3v) is 5.04. The van der Waals surface area contributed by atoms with Gasteiger partial charge >= 0.3 is 5.69 Å². The lowest BCUT2D eigenvalue weighted by molar-refractivity contribution is -0.116. The van der Waals surface area contributed by atoms with E-state index in [0.717, 1.165) is 10.1 Å². The van der Waals surface area contributed by atoms with Crippen LogP contribution in [-0.4, -0.2) is 34.1 Å². The fourth-order valence-electron chi connectivity index (χ4n) is 3.36. The molecule has 1 aliphatic heterocycles. The standard InChI is InChI=1S/C23H21F2N3O4/c24-23(25)13-20(32-18(23)15-31-14-16-7-3-1-4-8-16)28-12-11-19(27-22(28)30)26-21(29)17-9-5-2-6-10-17/h1-12,18,20H,13-15H2,(H,26,27,29,30)/t18-,20-/m0/s1. The Morgan fingerprint density at radius 2 is 1.81 bits per heavy atom. The molecule has 1 amide bonds. The van der Waals surface area contributed by atoms with Gasteiger partial charge in [-0.15, -0.1) is 0 Å². The third kappa shape index (κ3) is 5.06. The van der Waals surface area contributed by atoms with Crippen molar-refractivity contribution in [2.24, 2.45) is 0 Å². The van der Waals surface area contributed by atoms with Gasteiger partial charge in [0.1, 0.15) is 18.1 Å². The van der Waals surface area contributed by atoms with Gasteiger partial charge in [-0.05, 0) is 23.8 Å². The van der Waals surface area contributed by atoms with Gasteiger partial charge in [-0.1, -0.05) is 48.5 Å². The fourth-order valence-corrected chi connectivity index (χ4v) is 3.36. The molecule has 0 bridgehead atoms. The minimum Gasteiger partial charge on any atom is -0.374 e. The van der Waals surface area contributed by atoms with Crippen molar-refractivity contribution in [1.29, 1.82) is 0 Å². The maximum absolute atomic E-state index is 14.4. The number of amides is 1. The first kappa shape index (κ1) is 21.8. The molecule has 0 saturated carbocycles. The fraction of sp³-hybridized carbons (Fsp3) is 0.261. The number of ether oxygens (including phenoxy) is 2. The van der Waals surface area contributed by atoms with E-state index in [4.69, 9.17) is 9.47 Å². The number of benzene rings is 2. The highest BCUT2D eigenvalue weighted by Gasteiger charge is 2.51. The highest BCUT2D eigenvalue weighted by molar-refractivity contribution is 6.03. The van der Waals surface area contributed by atoms with Gasteiger partial charge in [0, 0.05) is 11.8 Å². The molecule has 2 heterocycles. The van der Waals surface area contributed by atoms with E-state index in [9.17, 15) is 18.4 Å². The van der Waals surface area contributed by atoms with Gasteiger partial charge in [0.25, 0.3) is 11.8 Å². The molecule has 0 radical (unpaired) electrons. The molecule has 1 fully saturated rings. The van der Waals surface area contributed by atoms with Crippen LogP contribution < -0.4 is 11.0 Å². The predicted octanol–water partition coefficient (Wildman–Crippen LogP) is 3.64. The van der Waals surface area contributed by atoms with Crippen LogP contribution in [0, 0.1) is 0 Å². The lowest BCUT2D eigenvalue weighted by Crippen LogP contribution is -2.32. The summed E-state index contributed by atoms with van der Waals surface area (Å²) in [5.41, 5.74) is 0.456. The Hall–Kier alpha value is -3.43. The molecule has 3 aromatic rings. The van der Waals surface area contributed by atoms with Crippen LogP contribution in [0.3, 0.4) is 0 Å². The van der Waals surface area contributed by atoms with Crippen LogP contribution in [0.25, 0.3) is 0 Å². The summed E-state index contributed by atoms with van der Waals surface area (Å²) in [4.78, 5) is 28.4. The Morgan fingerprint density at radius 3 is 2.50 bits per heavy atom. The van der Waals surface area contributed by atoms with Crippen LogP contribution in [0.5, 0.6) is 0 Å². The van der Waals surface area contributed by atoms with E-state index >= 15 is 0 Å². The van der Waals surface area contributed by atoms with E-state index in [-0.39, 0.29) is 19.0 Å². The zero-order valence-electron chi connectivity index (χ0n) is 17.0. The number of anilines is 1. The van der Waals surface area contributed by atoms with E-state index in [1.165, 1.54) is 12.3 Å². The Labute approximate surface area is 182 Å². The molecule has 9 heteroatoms. The average molecular weight is 441 g/mol. The summed E-state index contributed by atoms with van der Waals surface area (Å²) in [6.45, 7) is -0.134. The van der Waals surface area contributed by atoms with E-state index in [2.05, 4.69) is 10.3 Å². The van der Waals surface area contributed by atoms with Gasteiger partial charge in [-0.3, -0.25) is 9.36 Å². The number of rotatable bonds is 7. The lowest BCUT2D eigenvalue weighted by atomic mass is 10.1. The molecule has 0 unspecified atom stereocenters. The lowest BCUT2D eigenvalue weighted by Gasteiger charge is -2.17. The zero-order chi connectivity index (χ0) is 22.6. The summed E-state index contributed by atoms with van der Waals surface area (Å²) in [5, 5.41) is 2.51. The van der Waals surface area contributed by atoms with Gasteiger partial charge in [0.05, 0.1) is 19.6 Å². The number of hydrogen-bond acceptors (Lipinski definition) is 5. The van der Waals surface area contributed by atoms with Crippen molar-refractivity contribution in [2.75, 3.05) is 11.9 Å². The van der Waals surface area contributed by atoms with Crippen molar-refractivity contribution < 1.29 is 23.0 Å². The largest absolute Gasteiger partial charge is 0.374 e. The maximum Gasteiger partial charge on any atom is 0.351 e. The summed E-state index contributed by atoms with van der Waals surface area (Å²) in [6.07, 6.45) is -2.07. The van der Waals surface area contributed by atoms with Crippen molar-refractivity contribution in [3.05, 3.63) is 94.5 Å². The number of alkyl halides is 2. The Kier molecular flexibility index (Phi) is 6.38. The topological polar surface area (TPSA) is 82.5 Å². The maximum atomic E-state index is 14.4. The first-order valence-corrected chi connectivity index (χ1v) is 10.0. The Bertz CT molecular complexity index is 1120. The average Bonchev–Trinajstić information content (AvgIpc) is 3.09. The molecular formula is C23H21F2N3O4. The number of aromatic nitrogens is 2. The number of carbonyl (C=O) groups excluding carboxylic acids is 1. The molecule has 2 aromatic carbocycles. The van der Waals surface area contributed by atoms with Gasteiger partial charge < -0.3 is 14.8 Å². The van der Waals surface area contributed by atoms with Crippen LogP contribution >= 0.6 is 0 Å². The first-order valence-electron chi connectivity index (χ1n) is 10.0. The summed E-state index contributed by atoms with van der Waals surface area (Å²) in [7, 11) is 0. The minimum atomic E-state index is -3.17. The predicted molar refractivity (Wildman–Crippen MR) is 112 cm³/mol. The molecule has 0 aliphatic carbocycles. The van der Waals surface area contributed by atoms with Crippen molar-refractivity contribution in [2.45, 2.75) is 31.3 Å². The number of carbonyl (C=O) groups is 1. The highest BCUT2D eigenvalue weighted by atomic mass is 19.3. The van der Waals surface area contributed by atoms with Crippen LogP contribution in [0.1, 0.15) is 28.6 Å². The normalized spacial score (nSPS) is 19.6. The van der Waals surface area contributed by atoms with Crippen molar-refractivity contribution >= 4 is 11.7 Å². The zero-order valence-corrected chi connectivity index (χ0v) is 17.0. The second kappa shape index (κ2) is 9.37. The molecule has 1 aliphatic rings. The minimum absolute atomic E-state index is 0.0209. The molecule has 2 atom stereocenters. The molecule has 7 nitrogen and oxygen atoms in total. The van der Waals surface area contributed by atoms with Gasteiger partial charge in [0.2, 0.25) is 0 Å². The monoisotopic (exact) mass is 441 g/mol. The molecular weight excluding hydrogens is 420 g/mol. The molecule has 0 spiro atoms. The van der Waals surface area contributed by atoms with E-state index in [1.54, 1.807) is 30.3 Å². The van der Waals surface area contributed by atoms with Crippen LogP contribution in [0.4, 0.5) is 14.6 Å². The smallest absolute Gasteiger partial charge is 0.351 e. The Balaban J connectivity index is 1.39. The SMILES string of the molecule is O=C(Nc1ccn([C@@H]2CC(F)(F)[C@H](COCc3ccccc3)O2)c(=O)n1)c1ccccc1. The number of hydrogen-bond donors (Lipinski definition) is 1. The van der Waals surface area contributed by atoms with Crippen molar-refractivity contribution in [3.8, 4) is 0 Å². The summed E-state index contributed by atoms with van der Waals surface area (Å²) in [6, 6.07) is 19.0. The quantitative estimate of drug-likeness (QED) is 0.606. The van der Waals surface area contributed by atoms with Gasteiger partial charge in [-0.2, -0.15) is 4.98 Å². The van der Waals surface area contributed by atoms with E-state index in [1.807, 2.05) is 30.3 Å². The molecule has 4 rings (SSSR count). The third-order valence-electron chi connectivity index (χ3n) is 5.04. The van der Waals surface area contributed by atoms with Crippen molar-refractivity contribution in [3.63, 3.8) is 0 Å². The van der Waals surface area contributed by atoms with E-state index < -0.39 is 36.3 Å². The molecule has 166 valence electrons. The Morgan fingerprint density at radius 1 is 1.12 bits per heavy atom. The molecule has 32 heavy (non-hydrogen) atoms. The van der Waals surface area contributed by atoms with Crippen LogP contribution in [0.2, 0.25) is 0 Å². The summed E-state index contributed by atoms with van der Waals surface area (Å²) >= 11 is 0. The van der Waals surface area contributed by atoms with E-state index in [0.29, 0.717) is 5.56 Å². The number of nitrogens with one attached hydrogen (secondary N) is 1. The second-order valence-electron chi connectivity index (χ2n) is 7.37. The molecule has 1 saturated heterocycles. The van der Waals surface area contributed by atoms with Gasteiger partial charge in [0.15, 0.2) is 0 Å². The summed E-state index contributed by atoms with van der Waals surface area (Å²) < 4.78 is 40.7. The van der Waals surface area contributed by atoms with Crippen LogP contribution in [0.15, 0.2) is 77.7 Å². The highest BCUT2D eigenvalue weighted by Crippen LogP contribution is 2.40. The number of nitrogens with zero attached hydrogens (tertiary/aromatic N) is 2. The molecule has 1 aromatic heterocycles. The second-order valence-corrected chi connectivity index (χ2v) is 7.37. The molecule has 1 N–H and O–H groups in total. The van der Waals surface area contributed by atoms with Gasteiger partial charge in [-0.25, -0.2) is 13.6 Å².